The van der Waals surface area contributed by atoms with E-state index in [2.05, 4.69) is 18.3 Å². The van der Waals surface area contributed by atoms with E-state index in [4.69, 9.17) is 4.74 Å². The average Bonchev–Trinajstić information content (AvgIpc) is 2.84. The van der Waals surface area contributed by atoms with Gasteiger partial charge in [-0.25, -0.2) is 0 Å². The predicted molar refractivity (Wildman–Crippen MR) is 77.9 cm³/mol. The third-order valence-corrected chi connectivity index (χ3v) is 4.57. The van der Waals surface area contributed by atoms with Gasteiger partial charge < -0.3 is 15.0 Å². The summed E-state index contributed by atoms with van der Waals surface area (Å²) in [7, 11) is 1.91. The van der Waals surface area contributed by atoms with E-state index in [1.807, 2.05) is 30.1 Å². The van der Waals surface area contributed by atoms with Crippen molar-refractivity contribution in [3.8, 4) is 5.75 Å². The maximum absolute atomic E-state index is 12.7. The van der Waals surface area contributed by atoms with Crippen molar-refractivity contribution in [2.24, 2.45) is 0 Å². The van der Waals surface area contributed by atoms with E-state index in [1.165, 1.54) is 0 Å². The summed E-state index contributed by atoms with van der Waals surface area (Å²) >= 11 is 0. The number of nitrogens with one attached hydrogen (secondary N) is 1. The fourth-order valence-corrected chi connectivity index (χ4v) is 3.20. The molecule has 0 unspecified atom stereocenters. The molecule has 2 atom stereocenters. The smallest absolute Gasteiger partial charge is 0.264 e. The second-order valence-electron chi connectivity index (χ2n) is 5.80. The monoisotopic (exact) mass is 274 g/mol. The molecule has 0 radical (unpaired) electrons. The Balaban J connectivity index is 1.72. The molecule has 1 amide bonds. The fourth-order valence-electron chi connectivity index (χ4n) is 3.20. The third kappa shape index (κ3) is 2.29. The number of ether oxygens (including phenoxy) is 1. The summed E-state index contributed by atoms with van der Waals surface area (Å²) in [5.41, 5.74) is 1.14. The summed E-state index contributed by atoms with van der Waals surface area (Å²) in [6.07, 6.45) is 1.68. The van der Waals surface area contributed by atoms with Crippen molar-refractivity contribution in [1.29, 1.82) is 0 Å². The van der Waals surface area contributed by atoms with Crippen molar-refractivity contribution in [2.75, 3.05) is 20.1 Å². The van der Waals surface area contributed by atoms with Gasteiger partial charge in [0.05, 0.1) is 0 Å². The zero-order valence-corrected chi connectivity index (χ0v) is 12.1. The van der Waals surface area contributed by atoms with Gasteiger partial charge in [0.2, 0.25) is 0 Å². The van der Waals surface area contributed by atoms with Gasteiger partial charge in [0.1, 0.15) is 5.75 Å². The summed E-state index contributed by atoms with van der Waals surface area (Å²) in [6, 6.07) is 8.29. The highest BCUT2D eigenvalue weighted by molar-refractivity contribution is 5.83. The molecule has 0 aromatic heterocycles. The molecule has 2 aliphatic heterocycles. The molecule has 20 heavy (non-hydrogen) atoms. The van der Waals surface area contributed by atoms with E-state index in [0.29, 0.717) is 6.04 Å². The second-order valence-corrected chi connectivity index (χ2v) is 5.80. The van der Waals surface area contributed by atoms with E-state index in [1.54, 1.807) is 0 Å². The van der Waals surface area contributed by atoms with Gasteiger partial charge in [-0.1, -0.05) is 25.1 Å². The van der Waals surface area contributed by atoms with E-state index in [9.17, 15) is 4.79 Å². The van der Waals surface area contributed by atoms with Gasteiger partial charge >= 0.3 is 0 Å². The van der Waals surface area contributed by atoms with Crippen molar-refractivity contribution in [1.82, 2.24) is 10.2 Å². The van der Waals surface area contributed by atoms with E-state index in [-0.39, 0.29) is 17.9 Å². The lowest BCUT2D eigenvalue weighted by molar-refractivity contribution is -0.139. The van der Waals surface area contributed by atoms with Crippen molar-refractivity contribution in [3.63, 3.8) is 0 Å². The lowest BCUT2D eigenvalue weighted by Crippen LogP contribution is -2.49. The molecule has 2 aliphatic rings. The Hall–Kier alpha value is -1.55. The summed E-state index contributed by atoms with van der Waals surface area (Å²) in [4.78, 5) is 14.6. The standard InChI is InChI=1S/C16H22N2O2/c1-11-13-5-3-4-6-14(13)20-15(11)16(19)18(2)12-7-9-17-10-8-12/h3-6,11-12,15,17H,7-10H2,1-2H3/t11-,15+/m1/s1. The number of likely N-dealkylation sites (N-methyl/N-ethyl adjacent to an activating group) is 1. The molecule has 4 nitrogen and oxygen atoms in total. The number of benzene rings is 1. The summed E-state index contributed by atoms with van der Waals surface area (Å²) < 4.78 is 5.89. The van der Waals surface area contributed by atoms with Gasteiger partial charge in [-0.3, -0.25) is 4.79 Å². The number of rotatable bonds is 2. The summed E-state index contributed by atoms with van der Waals surface area (Å²) in [6.45, 7) is 4.05. The first-order valence-corrected chi connectivity index (χ1v) is 7.41. The van der Waals surface area contributed by atoms with Crippen LogP contribution in [0.25, 0.3) is 0 Å². The lowest BCUT2D eigenvalue weighted by atomic mass is 9.96. The number of piperidine rings is 1. The van der Waals surface area contributed by atoms with Crippen LogP contribution in [0.1, 0.15) is 31.2 Å². The first kappa shape index (κ1) is 13.4. The van der Waals surface area contributed by atoms with Crippen LogP contribution in [0.5, 0.6) is 5.75 Å². The van der Waals surface area contributed by atoms with Crippen LogP contribution in [0.2, 0.25) is 0 Å². The number of amides is 1. The molecule has 1 saturated heterocycles. The maximum atomic E-state index is 12.7. The SMILES string of the molecule is C[C@@H]1c2ccccc2O[C@@H]1C(=O)N(C)C1CCNCC1. The minimum absolute atomic E-state index is 0.112. The molecule has 0 saturated carbocycles. The molecule has 1 N–H and O–H groups in total. The zero-order valence-electron chi connectivity index (χ0n) is 12.1. The van der Waals surface area contributed by atoms with E-state index < -0.39 is 0 Å². The molecule has 4 heteroatoms. The van der Waals surface area contributed by atoms with Crippen LogP contribution in [-0.4, -0.2) is 43.1 Å². The molecular formula is C16H22N2O2. The van der Waals surface area contributed by atoms with Crippen LogP contribution in [0.4, 0.5) is 0 Å². The number of fused-ring (bicyclic) bond motifs is 1. The predicted octanol–water partition coefficient (Wildman–Crippen LogP) is 1.76. The normalized spacial score (nSPS) is 25.9. The Labute approximate surface area is 120 Å². The van der Waals surface area contributed by atoms with Crippen LogP contribution < -0.4 is 10.1 Å². The van der Waals surface area contributed by atoms with Gasteiger partial charge in [-0.05, 0) is 32.0 Å². The van der Waals surface area contributed by atoms with E-state index >= 15 is 0 Å². The van der Waals surface area contributed by atoms with Crippen LogP contribution in [0.15, 0.2) is 24.3 Å². The highest BCUT2D eigenvalue weighted by atomic mass is 16.5. The molecule has 1 fully saturated rings. The van der Waals surface area contributed by atoms with Crippen molar-refractivity contribution in [2.45, 2.75) is 37.8 Å². The first-order chi connectivity index (χ1) is 9.68. The Kier molecular flexibility index (Phi) is 3.66. The largest absolute Gasteiger partial charge is 0.480 e. The highest BCUT2D eigenvalue weighted by Crippen LogP contribution is 2.38. The number of carbonyl (C=O) groups is 1. The molecule has 1 aromatic rings. The van der Waals surface area contributed by atoms with Crippen LogP contribution in [0, 0.1) is 0 Å². The van der Waals surface area contributed by atoms with Crippen LogP contribution in [0.3, 0.4) is 0 Å². The molecule has 108 valence electrons. The first-order valence-electron chi connectivity index (χ1n) is 7.41. The van der Waals surface area contributed by atoms with Crippen molar-refractivity contribution < 1.29 is 9.53 Å². The third-order valence-electron chi connectivity index (χ3n) is 4.57. The molecule has 2 heterocycles. The van der Waals surface area contributed by atoms with E-state index in [0.717, 1.165) is 37.2 Å². The highest BCUT2D eigenvalue weighted by Gasteiger charge is 2.39. The number of hydrogen-bond acceptors (Lipinski definition) is 3. The molecule has 1 aromatic carbocycles. The molecular weight excluding hydrogens is 252 g/mol. The average molecular weight is 274 g/mol. The molecule has 3 rings (SSSR count). The van der Waals surface area contributed by atoms with Gasteiger partial charge in [-0.15, -0.1) is 0 Å². The van der Waals surface area contributed by atoms with Gasteiger partial charge in [0.25, 0.3) is 5.91 Å². The summed E-state index contributed by atoms with van der Waals surface area (Å²) in [5, 5.41) is 3.33. The maximum Gasteiger partial charge on any atom is 0.264 e. The quantitative estimate of drug-likeness (QED) is 0.893. The van der Waals surface area contributed by atoms with Gasteiger partial charge in [0.15, 0.2) is 6.10 Å². The number of carbonyl (C=O) groups excluding carboxylic acids is 1. The summed E-state index contributed by atoms with van der Waals surface area (Å²) in [5.74, 6) is 1.10. The Morgan fingerprint density at radius 1 is 1.30 bits per heavy atom. The topological polar surface area (TPSA) is 41.6 Å². The Morgan fingerprint density at radius 2 is 2.00 bits per heavy atom. The van der Waals surface area contributed by atoms with Crippen LogP contribution >= 0.6 is 0 Å². The molecule has 0 spiro atoms. The fraction of sp³-hybridized carbons (Fsp3) is 0.562. The van der Waals surface area contributed by atoms with Crippen molar-refractivity contribution in [3.05, 3.63) is 29.8 Å². The lowest BCUT2D eigenvalue weighted by Gasteiger charge is -2.33. The minimum Gasteiger partial charge on any atom is -0.480 e. The number of hydrogen-bond donors (Lipinski definition) is 1. The Bertz CT molecular complexity index is 497. The van der Waals surface area contributed by atoms with Crippen molar-refractivity contribution >= 4 is 5.91 Å². The zero-order chi connectivity index (χ0) is 14.1. The van der Waals surface area contributed by atoms with Gasteiger partial charge in [0, 0.05) is 24.6 Å². The second kappa shape index (κ2) is 5.44. The number of nitrogens with zero attached hydrogens (tertiary/aromatic N) is 1. The Morgan fingerprint density at radius 3 is 2.70 bits per heavy atom. The molecule has 0 bridgehead atoms. The minimum atomic E-state index is -0.368. The number of para-hydroxylation sites is 1. The van der Waals surface area contributed by atoms with Gasteiger partial charge in [-0.2, -0.15) is 0 Å². The molecule has 0 aliphatic carbocycles. The van der Waals surface area contributed by atoms with Crippen LogP contribution in [-0.2, 0) is 4.79 Å².